The molecule has 0 unspecified atom stereocenters. The molecule has 0 aliphatic carbocycles. The van der Waals surface area contributed by atoms with E-state index < -0.39 is 0 Å². The van der Waals surface area contributed by atoms with Gasteiger partial charge in [0.2, 0.25) is 17.7 Å². The highest BCUT2D eigenvalue weighted by Gasteiger charge is 2.08. The lowest BCUT2D eigenvalue weighted by Crippen LogP contribution is -2.22. The first-order valence-corrected chi connectivity index (χ1v) is 8.90. The molecule has 130 valence electrons. The lowest BCUT2D eigenvalue weighted by atomic mass is 10.1. The topological polar surface area (TPSA) is 68.0 Å². The monoisotopic (exact) mass is 329 g/mol. The first-order valence-electron chi connectivity index (χ1n) is 8.90. The predicted octanol–water partition coefficient (Wildman–Crippen LogP) is 3.83. The highest BCUT2D eigenvalue weighted by molar-refractivity contribution is 5.75. The summed E-state index contributed by atoms with van der Waals surface area (Å²) in [5.41, 5.74) is 1.24. The van der Waals surface area contributed by atoms with Crippen LogP contribution < -0.4 is 5.32 Å². The molecule has 1 N–H and O–H groups in total. The van der Waals surface area contributed by atoms with Crippen LogP contribution in [0.5, 0.6) is 0 Å². The largest absolute Gasteiger partial charge is 0.423 e. The summed E-state index contributed by atoms with van der Waals surface area (Å²) in [6, 6.07) is 10.2. The average molecular weight is 329 g/mol. The van der Waals surface area contributed by atoms with Gasteiger partial charge in [0.25, 0.3) is 0 Å². The van der Waals surface area contributed by atoms with Gasteiger partial charge in [-0.1, -0.05) is 62.9 Å². The number of aromatic nitrogens is 2. The predicted molar refractivity (Wildman–Crippen MR) is 93.4 cm³/mol. The number of unbranched alkanes of at least 4 members (excludes halogenated alkanes) is 4. The summed E-state index contributed by atoms with van der Waals surface area (Å²) in [6.07, 6.45) is 7.88. The van der Waals surface area contributed by atoms with Crippen molar-refractivity contribution in [3.05, 3.63) is 47.7 Å². The molecule has 0 spiro atoms. The maximum absolute atomic E-state index is 11.8. The van der Waals surface area contributed by atoms with Crippen molar-refractivity contribution in [2.24, 2.45) is 0 Å². The van der Waals surface area contributed by atoms with Gasteiger partial charge in [0.15, 0.2) is 0 Å². The third-order valence-corrected chi connectivity index (χ3v) is 3.92. The summed E-state index contributed by atoms with van der Waals surface area (Å²) >= 11 is 0. The van der Waals surface area contributed by atoms with Crippen molar-refractivity contribution in [2.45, 2.75) is 64.8 Å². The molecule has 2 rings (SSSR count). The molecule has 0 radical (unpaired) electrons. The van der Waals surface area contributed by atoms with Gasteiger partial charge in [-0.25, -0.2) is 0 Å². The summed E-state index contributed by atoms with van der Waals surface area (Å²) < 4.78 is 5.58. The quantitative estimate of drug-likeness (QED) is 0.636. The van der Waals surface area contributed by atoms with Crippen LogP contribution in [0.25, 0.3) is 0 Å². The molecule has 24 heavy (non-hydrogen) atoms. The van der Waals surface area contributed by atoms with E-state index in [-0.39, 0.29) is 5.91 Å². The molecule has 1 aromatic carbocycles. The van der Waals surface area contributed by atoms with Crippen LogP contribution in [0.2, 0.25) is 0 Å². The number of nitrogens with one attached hydrogen (secondary N) is 1. The molecule has 0 saturated heterocycles. The first-order chi connectivity index (χ1) is 11.8. The maximum Gasteiger partial charge on any atom is 0.235 e. The summed E-state index contributed by atoms with van der Waals surface area (Å²) in [5.74, 6) is 1.13. The van der Waals surface area contributed by atoms with Crippen LogP contribution in [0, 0.1) is 0 Å². The van der Waals surface area contributed by atoms with Crippen molar-refractivity contribution in [3.8, 4) is 0 Å². The molecule has 2 aromatic rings. The lowest BCUT2D eigenvalue weighted by molar-refractivity contribution is -0.121. The number of hydrogen-bond acceptors (Lipinski definition) is 4. The third-order valence-electron chi connectivity index (χ3n) is 3.92. The maximum atomic E-state index is 11.8. The number of nitrogens with zero attached hydrogens (tertiary/aromatic N) is 2. The summed E-state index contributed by atoms with van der Waals surface area (Å²) in [6.45, 7) is 2.50. The average Bonchev–Trinajstić information content (AvgIpc) is 3.07. The van der Waals surface area contributed by atoms with E-state index in [1.165, 1.54) is 24.8 Å². The van der Waals surface area contributed by atoms with Gasteiger partial charge in [0.1, 0.15) is 0 Å². The van der Waals surface area contributed by atoms with Gasteiger partial charge in [-0.3, -0.25) is 4.79 Å². The second kappa shape index (κ2) is 10.6. The molecule has 1 heterocycles. The molecule has 0 atom stereocenters. The minimum atomic E-state index is 0.0514. The van der Waals surface area contributed by atoms with E-state index in [9.17, 15) is 4.79 Å². The molecule has 1 amide bonds. The van der Waals surface area contributed by atoms with Crippen molar-refractivity contribution < 1.29 is 9.21 Å². The van der Waals surface area contributed by atoms with Crippen LogP contribution in [-0.4, -0.2) is 16.1 Å². The van der Waals surface area contributed by atoms with E-state index in [4.69, 9.17) is 4.42 Å². The van der Waals surface area contributed by atoms with Crippen LogP contribution in [0.1, 0.15) is 62.8 Å². The van der Waals surface area contributed by atoms with Crippen LogP contribution >= 0.6 is 0 Å². The number of amides is 1. The minimum Gasteiger partial charge on any atom is -0.423 e. The fourth-order valence-electron chi connectivity index (χ4n) is 2.51. The van der Waals surface area contributed by atoms with E-state index in [0.717, 1.165) is 19.3 Å². The number of hydrogen-bond donors (Lipinski definition) is 1. The zero-order chi connectivity index (χ0) is 17.0. The zero-order valence-electron chi connectivity index (χ0n) is 14.5. The Labute approximate surface area is 143 Å². The zero-order valence-corrected chi connectivity index (χ0v) is 14.5. The third kappa shape index (κ3) is 6.94. The lowest BCUT2D eigenvalue weighted by Gasteiger charge is -2.02. The number of aryl methyl sites for hydroxylation is 2. The van der Waals surface area contributed by atoms with Gasteiger partial charge in [-0.2, -0.15) is 0 Å². The Morgan fingerprint density at radius 3 is 2.54 bits per heavy atom. The number of benzene rings is 1. The molecular formula is C19H27N3O2. The second-order valence-electron chi connectivity index (χ2n) is 6.02. The first kappa shape index (κ1) is 18.2. The van der Waals surface area contributed by atoms with Crippen LogP contribution in [-0.2, 0) is 24.2 Å². The Balaban J connectivity index is 1.63. The summed E-state index contributed by atoms with van der Waals surface area (Å²) in [7, 11) is 0. The van der Waals surface area contributed by atoms with E-state index in [1.807, 2.05) is 18.2 Å². The molecule has 0 fully saturated rings. The van der Waals surface area contributed by atoms with E-state index in [2.05, 4.69) is 34.6 Å². The summed E-state index contributed by atoms with van der Waals surface area (Å²) in [5, 5.41) is 10.9. The standard InChI is InChI=1S/C19H27N3O2/c1-2-3-4-5-9-12-17(23)20-15-19-22-21-18(24-19)14-13-16-10-7-6-8-11-16/h6-8,10-11H,2-5,9,12-15H2,1H3,(H,20,23). The Kier molecular flexibility index (Phi) is 8.01. The van der Waals surface area contributed by atoms with Gasteiger partial charge in [0.05, 0.1) is 6.54 Å². The second-order valence-corrected chi connectivity index (χ2v) is 6.02. The molecule has 0 saturated carbocycles. The molecule has 5 nitrogen and oxygen atoms in total. The van der Waals surface area contributed by atoms with Gasteiger partial charge in [-0.15, -0.1) is 10.2 Å². The smallest absolute Gasteiger partial charge is 0.235 e. The Morgan fingerprint density at radius 2 is 1.75 bits per heavy atom. The fourth-order valence-corrected chi connectivity index (χ4v) is 2.51. The number of carbonyl (C=O) groups is 1. The van der Waals surface area contributed by atoms with Gasteiger partial charge < -0.3 is 9.73 Å². The van der Waals surface area contributed by atoms with Crippen LogP contribution in [0.3, 0.4) is 0 Å². The van der Waals surface area contributed by atoms with Crippen molar-refractivity contribution in [3.63, 3.8) is 0 Å². The SMILES string of the molecule is CCCCCCCC(=O)NCc1nnc(CCc2ccccc2)o1. The Hall–Kier alpha value is -2.17. The number of carbonyl (C=O) groups excluding carboxylic acids is 1. The van der Waals surface area contributed by atoms with E-state index in [1.54, 1.807) is 0 Å². The molecule has 0 bridgehead atoms. The molecule has 0 aliphatic rings. The Morgan fingerprint density at radius 1 is 1.00 bits per heavy atom. The van der Waals surface area contributed by atoms with Gasteiger partial charge >= 0.3 is 0 Å². The van der Waals surface area contributed by atoms with Crippen LogP contribution in [0.4, 0.5) is 0 Å². The Bertz CT molecular complexity index is 596. The molecular weight excluding hydrogens is 302 g/mol. The van der Waals surface area contributed by atoms with Crippen molar-refractivity contribution in [2.75, 3.05) is 0 Å². The van der Waals surface area contributed by atoms with E-state index in [0.29, 0.717) is 31.2 Å². The normalized spacial score (nSPS) is 10.7. The number of rotatable bonds is 11. The fraction of sp³-hybridized carbons (Fsp3) is 0.526. The van der Waals surface area contributed by atoms with Crippen LogP contribution in [0.15, 0.2) is 34.7 Å². The van der Waals surface area contributed by atoms with Gasteiger partial charge in [0, 0.05) is 12.8 Å². The summed E-state index contributed by atoms with van der Waals surface area (Å²) in [4.78, 5) is 11.8. The van der Waals surface area contributed by atoms with Crippen molar-refractivity contribution in [1.82, 2.24) is 15.5 Å². The van der Waals surface area contributed by atoms with Crippen molar-refractivity contribution >= 4 is 5.91 Å². The van der Waals surface area contributed by atoms with Crippen molar-refractivity contribution in [1.29, 1.82) is 0 Å². The minimum absolute atomic E-state index is 0.0514. The molecule has 1 aromatic heterocycles. The van der Waals surface area contributed by atoms with Gasteiger partial charge in [-0.05, 0) is 18.4 Å². The highest BCUT2D eigenvalue weighted by Crippen LogP contribution is 2.07. The molecule has 0 aliphatic heterocycles. The highest BCUT2D eigenvalue weighted by atomic mass is 16.4. The molecule has 5 heteroatoms. The van der Waals surface area contributed by atoms with E-state index >= 15 is 0 Å².